The van der Waals surface area contributed by atoms with Crippen molar-refractivity contribution in [1.29, 1.82) is 0 Å². The third-order valence-corrected chi connectivity index (χ3v) is 4.83. The lowest BCUT2D eigenvalue weighted by Crippen LogP contribution is -2.45. The Bertz CT molecular complexity index is 693. The van der Waals surface area contributed by atoms with Gasteiger partial charge in [0, 0.05) is 31.7 Å². The first-order chi connectivity index (χ1) is 11.1. The Kier molecular flexibility index (Phi) is 4.96. The highest BCUT2D eigenvalue weighted by Gasteiger charge is 2.45. The SMILES string of the molecule is Cl.FC1(F)Oc2cccc([C@@H](c3ccsc3)N3CCNCC3)c2O1. The second kappa shape index (κ2) is 6.84. The zero-order valence-corrected chi connectivity index (χ0v) is 14.3. The smallest absolute Gasteiger partial charge is 0.395 e. The van der Waals surface area contributed by atoms with Crippen molar-refractivity contribution in [2.45, 2.75) is 12.3 Å². The van der Waals surface area contributed by atoms with Crippen LogP contribution in [0.3, 0.4) is 0 Å². The van der Waals surface area contributed by atoms with E-state index in [-0.39, 0.29) is 29.9 Å². The van der Waals surface area contributed by atoms with Crippen LogP contribution in [0.2, 0.25) is 0 Å². The Labute approximate surface area is 148 Å². The molecule has 8 heteroatoms. The summed E-state index contributed by atoms with van der Waals surface area (Å²) in [6.07, 6.45) is -3.60. The molecule has 2 aromatic rings. The summed E-state index contributed by atoms with van der Waals surface area (Å²) in [5.41, 5.74) is 1.81. The lowest BCUT2D eigenvalue weighted by molar-refractivity contribution is -0.287. The van der Waals surface area contributed by atoms with Gasteiger partial charge in [0.1, 0.15) is 0 Å². The van der Waals surface area contributed by atoms with Crippen LogP contribution in [0.25, 0.3) is 0 Å². The molecule has 0 radical (unpaired) electrons. The van der Waals surface area contributed by atoms with Gasteiger partial charge in [-0.1, -0.05) is 12.1 Å². The number of thiophene rings is 1. The number of benzene rings is 1. The van der Waals surface area contributed by atoms with E-state index in [4.69, 9.17) is 4.74 Å². The molecule has 3 heterocycles. The van der Waals surface area contributed by atoms with Gasteiger partial charge in [-0.3, -0.25) is 4.90 Å². The minimum Gasteiger partial charge on any atom is -0.395 e. The molecule has 0 saturated carbocycles. The molecule has 0 aliphatic carbocycles. The molecule has 4 nitrogen and oxygen atoms in total. The number of piperazine rings is 1. The quantitative estimate of drug-likeness (QED) is 0.891. The van der Waals surface area contributed by atoms with Crippen LogP contribution in [0.1, 0.15) is 17.2 Å². The predicted octanol–water partition coefficient (Wildman–Crippen LogP) is 3.49. The fourth-order valence-corrected chi connectivity index (χ4v) is 3.84. The van der Waals surface area contributed by atoms with E-state index in [1.807, 2.05) is 17.5 Å². The van der Waals surface area contributed by atoms with Crippen LogP contribution in [0.4, 0.5) is 8.78 Å². The van der Waals surface area contributed by atoms with Gasteiger partial charge in [0.2, 0.25) is 0 Å². The molecule has 0 bridgehead atoms. The second-order valence-corrected chi connectivity index (χ2v) is 6.37. The fourth-order valence-electron chi connectivity index (χ4n) is 3.16. The van der Waals surface area contributed by atoms with Crippen molar-refractivity contribution in [3.8, 4) is 11.5 Å². The van der Waals surface area contributed by atoms with Gasteiger partial charge in [-0.15, -0.1) is 21.2 Å². The maximum Gasteiger partial charge on any atom is 0.586 e. The first kappa shape index (κ1) is 17.4. The Morgan fingerprint density at radius 3 is 2.67 bits per heavy atom. The van der Waals surface area contributed by atoms with Crippen LogP contribution in [-0.2, 0) is 0 Å². The highest BCUT2D eigenvalue weighted by Crippen LogP contribution is 2.47. The van der Waals surface area contributed by atoms with Crippen LogP contribution in [-0.4, -0.2) is 37.4 Å². The van der Waals surface area contributed by atoms with E-state index >= 15 is 0 Å². The number of fused-ring (bicyclic) bond motifs is 1. The first-order valence-electron chi connectivity index (χ1n) is 7.50. The Morgan fingerprint density at radius 1 is 1.17 bits per heavy atom. The number of rotatable bonds is 3. The van der Waals surface area contributed by atoms with Crippen molar-refractivity contribution in [2.24, 2.45) is 0 Å². The molecule has 1 aromatic carbocycles. The number of hydrogen-bond donors (Lipinski definition) is 1. The number of hydrogen-bond acceptors (Lipinski definition) is 5. The van der Waals surface area contributed by atoms with Crippen LogP contribution >= 0.6 is 23.7 Å². The molecular formula is C16H17ClF2N2O2S. The summed E-state index contributed by atoms with van der Waals surface area (Å²) < 4.78 is 36.4. The molecule has 24 heavy (non-hydrogen) atoms. The number of nitrogens with zero attached hydrogens (tertiary/aromatic N) is 1. The molecule has 1 fully saturated rings. The number of ether oxygens (including phenoxy) is 2. The highest BCUT2D eigenvalue weighted by molar-refractivity contribution is 7.08. The minimum atomic E-state index is -3.60. The maximum absolute atomic E-state index is 13.5. The van der Waals surface area contributed by atoms with E-state index in [0.29, 0.717) is 0 Å². The van der Waals surface area contributed by atoms with Gasteiger partial charge in [-0.25, -0.2) is 0 Å². The van der Waals surface area contributed by atoms with E-state index in [9.17, 15) is 8.78 Å². The maximum atomic E-state index is 13.5. The third-order valence-electron chi connectivity index (χ3n) is 4.13. The zero-order valence-electron chi connectivity index (χ0n) is 12.7. The van der Waals surface area contributed by atoms with Gasteiger partial charge >= 0.3 is 6.29 Å². The lowest BCUT2D eigenvalue weighted by atomic mass is 9.97. The molecule has 1 atom stereocenters. The standard InChI is InChI=1S/C16H16F2N2O2S.ClH/c17-16(18)21-13-3-1-2-12(15(13)22-16)14(11-4-9-23-10-11)20-7-5-19-6-8-20;/h1-4,9-10,14,19H,5-8H2;1H/t14-;/m1./s1. The molecular weight excluding hydrogens is 358 g/mol. The van der Waals surface area contributed by atoms with Gasteiger partial charge in [0.15, 0.2) is 11.5 Å². The van der Waals surface area contributed by atoms with Crippen LogP contribution in [0.5, 0.6) is 11.5 Å². The molecule has 2 aliphatic rings. The molecule has 130 valence electrons. The van der Waals surface area contributed by atoms with Crippen molar-refractivity contribution >= 4 is 23.7 Å². The zero-order chi connectivity index (χ0) is 15.9. The molecule has 1 aromatic heterocycles. The first-order valence-corrected chi connectivity index (χ1v) is 8.44. The van der Waals surface area contributed by atoms with E-state index in [1.165, 1.54) is 6.07 Å². The Morgan fingerprint density at radius 2 is 1.96 bits per heavy atom. The Hall–Kier alpha value is -1.41. The molecule has 1 N–H and O–H groups in total. The second-order valence-electron chi connectivity index (χ2n) is 5.59. The number of halogens is 3. The summed E-state index contributed by atoms with van der Waals surface area (Å²) in [5, 5.41) is 7.37. The van der Waals surface area contributed by atoms with Gasteiger partial charge in [0.05, 0.1) is 6.04 Å². The summed E-state index contributed by atoms with van der Waals surface area (Å²) >= 11 is 1.60. The third kappa shape index (κ3) is 3.21. The molecule has 2 aliphatic heterocycles. The van der Waals surface area contributed by atoms with E-state index < -0.39 is 6.29 Å². The summed E-state index contributed by atoms with van der Waals surface area (Å²) in [6, 6.07) is 7.01. The van der Waals surface area contributed by atoms with Crippen molar-refractivity contribution in [3.05, 3.63) is 46.2 Å². The highest BCUT2D eigenvalue weighted by atomic mass is 35.5. The summed E-state index contributed by atoms with van der Waals surface area (Å²) in [7, 11) is 0. The largest absolute Gasteiger partial charge is 0.586 e. The van der Waals surface area contributed by atoms with Crippen LogP contribution < -0.4 is 14.8 Å². The van der Waals surface area contributed by atoms with Crippen LogP contribution in [0, 0.1) is 0 Å². The predicted molar refractivity (Wildman–Crippen MR) is 90.5 cm³/mol. The van der Waals surface area contributed by atoms with E-state index in [2.05, 4.69) is 20.3 Å². The molecule has 4 rings (SSSR count). The van der Waals surface area contributed by atoms with Crippen molar-refractivity contribution in [1.82, 2.24) is 10.2 Å². The normalized spacial score (nSPS) is 20.4. The molecule has 0 unspecified atom stereocenters. The average Bonchev–Trinajstić information content (AvgIpc) is 3.15. The van der Waals surface area contributed by atoms with Gasteiger partial charge in [-0.2, -0.15) is 11.3 Å². The topological polar surface area (TPSA) is 33.7 Å². The number of alkyl halides is 2. The minimum absolute atomic E-state index is 0. The summed E-state index contributed by atoms with van der Waals surface area (Å²) in [5.74, 6) is 0.245. The Balaban J connectivity index is 0.00000169. The van der Waals surface area contributed by atoms with Crippen LogP contribution in [0.15, 0.2) is 35.0 Å². The van der Waals surface area contributed by atoms with Gasteiger partial charge in [-0.05, 0) is 28.5 Å². The van der Waals surface area contributed by atoms with Gasteiger partial charge < -0.3 is 14.8 Å². The molecule has 0 amide bonds. The van der Waals surface area contributed by atoms with E-state index in [1.54, 1.807) is 17.4 Å². The monoisotopic (exact) mass is 374 g/mol. The number of nitrogens with one attached hydrogen (secondary N) is 1. The van der Waals surface area contributed by atoms with Gasteiger partial charge in [0.25, 0.3) is 0 Å². The fraction of sp³-hybridized carbons (Fsp3) is 0.375. The van der Waals surface area contributed by atoms with Crippen molar-refractivity contribution < 1.29 is 18.3 Å². The van der Waals surface area contributed by atoms with Crippen molar-refractivity contribution in [2.75, 3.05) is 26.2 Å². The van der Waals surface area contributed by atoms with Crippen molar-refractivity contribution in [3.63, 3.8) is 0 Å². The summed E-state index contributed by atoms with van der Waals surface area (Å²) in [4.78, 5) is 2.29. The molecule has 1 saturated heterocycles. The number of para-hydroxylation sites is 1. The van der Waals surface area contributed by atoms with E-state index in [0.717, 1.165) is 37.3 Å². The average molecular weight is 375 g/mol. The summed E-state index contributed by atoms with van der Waals surface area (Å²) in [6.45, 7) is 3.45. The molecule has 0 spiro atoms. The lowest BCUT2D eigenvalue weighted by Gasteiger charge is -2.35.